The van der Waals surface area contributed by atoms with E-state index in [4.69, 9.17) is 0 Å². The van der Waals surface area contributed by atoms with Gasteiger partial charge in [0.15, 0.2) is 0 Å². The number of rotatable bonds is 4. The summed E-state index contributed by atoms with van der Waals surface area (Å²) in [5, 5.41) is 2.90. The molecule has 9 heteroatoms. The third kappa shape index (κ3) is 4.22. The van der Waals surface area contributed by atoms with Crippen molar-refractivity contribution < 1.29 is 22.4 Å². The lowest BCUT2D eigenvalue weighted by molar-refractivity contribution is -0.137. The van der Waals surface area contributed by atoms with Crippen LogP contribution in [0, 0.1) is 5.82 Å². The monoisotopic (exact) mass is 441 g/mol. The Labute approximate surface area is 179 Å². The molecule has 0 radical (unpaired) electrons. The summed E-state index contributed by atoms with van der Waals surface area (Å²) in [5.74, 6) is -1.31. The molecule has 2 heterocycles. The molecule has 0 aliphatic carbocycles. The first-order valence-corrected chi connectivity index (χ1v) is 9.44. The van der Waals surface area contributed by atoms with Gasteiger partial charge in [0, 0.05) is 22.8 Å². The smallest absolute Gasteiger partial charge is 0.322 e. The zero-order chi connectivity index (χ0) is 22.9. The molecule has 0 saturated carbocycles. The van der Waals surface area contributed by atoms with Crippen LogP contribution in [0.1, 0.15) is 21.5 Å². The van der Waals surface area contributed by atoms with Gasteiger partial charge in [-0.3, -0.25) is 14.2 Å². The van der Waals surface area contributed by atoms with Crippen LogP contribution in [0.5, 0.6) is 0 Å². The number of nitrogens with zero attached hydrogens (tertiary/aromatic N) is 2. The van der Waals surface area contributed by atoms with Crippen LogP contribution in [0.25, 0.3) is 11.0 Å². The van der Waals surface area contributed by atoms with E-state index in [0.717, 1.165) is 24.3 Å². The number of hydrogen-bond acceptors (Lipinski definition) is 3. The molecule has 4 rings (SSSR count). The quantitative estimate of drug-likeness (QED) is 0.461. The van der Waals surface area contributed by atoms with Gasteiger partial charge in [0.2, 0.25) is 0 Å². The number of carbonyl (C=O) groups excluding carboxylic acids is 1. The summed E-state index contributed by atoms with van der Waals surface area (Å²) < 4.78 is 53.6. The third-order valence-electron chi connectivity index (χ3n) is 4.85. The van der Waals surface area contributed by atoms with Gasteiger partial charge in [0.05, 0.1) is 12.1 Å². The highest BCUT2D eigenvalue weighted by Gasteiger charge is 2.30. The van der Waals surface area contributed by atoms with Gasteiger partial charge in [-0.1, -0.05) is 18.2 Å². The van der Waals surface area contributed by atoms with Crippen molar-refractivity contribution >= 4 is 22.6 Å². The van der Waals surface area contributed by atoms with Crippen molar-refractivity contribution in [1.29, 1.82) is 0 Å². The highest BCUT2D eigenvalue weighted by Crippen LogP contribution is 2.29. The topological polar surface area (TPSA) is 64.0 Å². The predicted octanol–water partition coefficient (Wildman–Crippen LogP) is 4.86. The molecule has 1 N–H and O–H groups in total. The van der Waals surface area contributed by atoms with Crippen molar-refractivity contribution in [3.05, 3.63) is 106 Å². The fourth-order valence-corrected chi connectivity index (χ4v) is 3.25. The van der Waals surface area contributed by atoms with Crippen LogP contribution in [0.2, 0.25) is 0 Å². The Hall–Kier alpha value is -4.01. The number of halogens is 4. The van der Waals surface area contributed by atoms with Crippen LogP contribution in [-0.2, 0) is 12.7 Å². The summed E-state index contributed by atoms with van der Waals surface area (Å²) in [6.45, 7) is -0.152. The third-order valence-corrected chi connectivity index (χ3v) is 4.85. The molecule has 0 unspecified atom stereocenters. The Morgan fingerprint density at radius 2 is 1.72 bits per heavy atom. The van der Waals surface area contributed by atoms with Crippen molar-refractivity contribution in [2.75, 3.05) is 5.32 Å². The Kier molecular flexibility index (Phi) is 5.48. The van der Waals surface area contributed by atoms with Gasteiger partial charge in [-0.05, 0) is 48.5 Å². The van der Waals surface area contributed by atoms with Gasteiger partial charge in [-0.25, -0.2) is 9.37 Å². The fraction of sp³-hybridized carbons (Fsp3) is 0.0870. The van der Waals surface area contributed by atoms with Crippen molar-refractivity contribution in [3.63, 3.8) is 0 Å². The number of hydrogen-bond donors (Lipinski definition) is 1. The molecule has 1 amide bonds. The summed E-state index contributed by atoms with van der Waals surface area (Å²) in [6, 6.07) is 14.4. The number of carbonyl (C=O) groups is 1. The second-order valence-electron chi connectivity index (χ2n) is 6.99. The molecular formula is C23H15F4N3O2. The van der Waals surface area contributed by atoms with Gasteiger partial charge in [0.1, 0.15) is 17.0 Å². The molecule has 0 spiro atoms. The van der Waals surface area contributed by atoms with Crippen molar-refractivity contribution in [2.24, 2.45) is 0 Å². The number of alkyl halides is 3. The van der Waals surface area contributed by atoms with Crippen LogP contribution < -0.4 is 10.9 Å². The molecule has 2 aromatic carbocycles. The van der Waals surface area contributed by atoms with Gasteiger partial charge < -0.3 is 5.32 Å². The SMILES string of the molecule is O=C(Nc1ccc(C(F)(F)F)cc1)c1cc2cccnc2n(Cc2ccccc2F)c1=O. The Morgan fingerprint density at radius 1 is 1.00 bits per heavy atom. The Bertz CT molecular complexity index is 1360. The molecule has 0 aliphatic rings. The van der Waals surface area contributed by atoms with Crippen molar-refractivity contribution in [1.82, 2.24) is 9.55 Å². The molecule has 0 fully saturated rings. The summed E-state index contributed by atoms with van der Waals surface area (Å²) in [6.07, 6.45) is -3.03. The average molecular weight is 441 g/mol. The highest BCUT2D eigenvalue weighted by atomic mass is 19.4. The number of nitrogens with one attached hydrogen (secondary N) is 1. The van der Waals surface area contributed by atoms with Crippen molar-refractivity contribution in [3.8, 4) is 0 Å². The zero-order valence-corrected chi connectivity index (χ0v) is 16.4. The van der Waals surface area contributed by atoms with Gasteiger partial charge in [-0.2, -0.15) is 13.2 Å². The maximum absolute atomic E-state index is 14.2. The van der Waals surface area contributed by atoms with Crippen LogP contribution in [0.4, 0.5) is 23.2 Å². The first-order valence-electron chi connectivity index (χ1n) is 9.44. The molecule has 0 saturated heterocycles. The van der Waals surface area contributed by atoms with E-state index in [2.05, 4.69) is 10.3 Å². The fourth-order valence-electron chi connectivity index (χ4n) is 3.25. The second kappa shape index (κ2) is 8.26. The van der Waals surface area contributed by atoms with Gasteiger partial charge in [0.25, 0.3) is 11.5 Å². The minimum absolute atomic E-state index is 0.0920. The largest absolute Gasteiger partial charge is 0.416 e. The van der Waals surface area contributed by atoms with E-state index in [0.29, 0.717) is 5.39 Å². The van der Waals surface area contributed by atoms with E-state index in [1.807, 2.05) is 0 Å². The minimum atomic E-state index is -4.51. The van der Waals surface area contributed by atoms with E-state index in [1.165, 1.54) is 35.0 Å². The minimum Gasteiger partial charge on any atom is -0.322 e. The van der Waals surface area contributed by atoms with Gasteiger partial charge in [-0.15, -0.1) is 0 Å². The first kappa shape index (κ1) is 21.2. The first-order chi connectivity index (χ1) is 15.2. The maximum atomic E-state index is 14.2. The van der Waals surface area contributed by atoms with Crippen LogP contribution in [0.15, 0.2) is 77.7 Å². The number of amides is 1. The summed E-state index contributed by atoms with van der Waals surface area (Å²) >= 11 is 0. The maximum Gasteiger partial charge on any atom is 0.416 e. The molecule has 0 bridgehead atoms. The summed E-state index contributed by atoms with van der Waals surface area (Å²) in [5.41, 5.74) is -1.21. The van der Waals surface area contributed by atoms with E-state index < -0.39 is 29.0 Å². The standard InChI is InChI=1S/C23H15F4N3O2/c24-19-6-2-1-4-15(19)13-30-20-14(5-3-11-28-20)12-18(22(30)32)21(31)29-17-9-7-16(8-10-17)23(25,26)27/h1-12H,13H2,(H,29,31). The molecule has 32 heavy (non-hydrogen) atoms. The lowest BCUT2D eigenvalue weighted by atomic mass is 10.1. The number of aromatic nitrogens is 2. The lowest BCUT2D eigenvalue weighted by Crippen LogP contribution is -2.30. The lowest BCUT2D eigenvalue weighted by Gasteiger charge is -2.13. The van der Waals surface area contributed by atoms with E-state index in [9.17, 15) is 27.2 Å². The average Bonchev–Trinajstić information content (AvgIpc) is 2.76. The second-order valence-corrected chi connectivity index (χ2v) is 6.99. The predicted molar refractivity (Wildman–Crippen MR) is 111 cm³/mol. The molecule has 0 aliphatic heterocycles. The molecule has 2 aromatic heterocycles. The molecule has 0 atom stereocenters. The van der Waals surface area contributed by atoms with E-state index in [-0.39, 0.29) is 29.0 Å². The molecule has 162 valence electrons. The zero-order valence-electron chi connectivity index (χ0n) is 16.4. The molecule has 5 nitrogen and oxygen atoms in total. The Morgan fingerprint density at radius 3 is 2.41 bits per heavy atom. The highest BCUT2D eigenvalue weighted by molar-refractivity contribution is 6.05. The summed E-state index contributed by atoms with van der Waals surface area (Å²) in [4.78, 5) is 30.1. The number of fused-ring (bicyclic) bond motifs is 1. The Balaban J connectivity index is 1.73. The molecular weight excluding hydrogens is 426 g/mol. The summed E-state index contributed by atoms with van der Waals surface area (Å²) in [7, 11) is 0. The molecule has 4 aromatic rings. The van der Waals surface area contributed by atoms with E-state index >= 15 is 0 Å². The number of pyridine rings is 2. The van der Waals surface area contributed by atoms with Crippen LogP contribution in [-0.4, -0.2) is 15.5 Å². The van der Waals surface area contributed by atoms with Crippen LogP contribution >= 0.6 is 0 Å². The van der Waals surface area contributed by atoms with Gasteiger partial charge >= 0.3 is 6.18 Å². The van der Waals surface area contributed by atoms with Crippen LogP contribution in [0.3, 0.4) is 0 Å². The number of anilines is 1. The number of benzene rings is 2. The van der Waals surface area contributed by atoms with Crippen molar-refractivity contribution in [2.45, 2.75) is 12.7 Å². The normalized spacial score (nSPS) is 11.5. The van der Waals surface area contributed by atoms with E-state index in [1.54, 1.807) is 18.2 Å².